The van der Waals surface area contributed by atoms with E-state index < -0.39 is 37.0 Å². The quantitative estimate of drug-likeness (QED) is 0.308. The van der Waals surface area contributed by atoms with Gasteiger partial charge in [-0.3, -0.25) is 14.2 Å². The number of carbonyl (C=O) groups excluding carboxylic acids is 1. The van der Waals surface area contributed by atoms with E-state index in [-0.39, 0.29) is 29.6 Å². The summed E-state index contributed by atoms with van der Waals surface area (Å²) in [5, 5.41) is 11.3. The minimum Gasteiger partial charge on any atom is -1.00 e. The van der Waals surface area contributed by atoms with Gasteiger partial charge in [-0.25, -0.2) is 0 Å². The SMILES string of the molecule is C[C@H](NC(=O)[C@H](Cc1ccc(Br)cc1)CP(=O)(O)[C@H](C)[NH3+])C(=O)O.[Br-]. The molecule has 0 aliphatic heterocycles. The molecule has 7 nitrogen and oxygen atoms in total. The smallest absolute Gasteiger partial charge is 0.325 e. The number of nitrogens with one attached hydrogen (secondary N) is 1. The second-order valence-corrected chi connectivity index (χ2v) is 9.56. The highest BCUT2D eigenvalue weighted by atomic mass is 79.9. The van der Waals surface area contributed by atoms with E-state index in [1.54, 1.807) is 12.1 Å². The number of carboxylic acids is 1. The van der Waals surface area contributed by atoms with E-state index in [1.807, 2.05) is 12.1 Å². The van der Waals surface area contributed by atoms with Gasteiger partial charge in [0.2, 0.25) is 5.91 Å². The van der Waals surface area contributed by atoms with Crippen molar-refractivity contribution in [2.45, 2.75) is 32.1 Å². The van der Waals surface area contributed by atoms with Gasteiger partial charge in [-0.05, 0) is 38.0 Å². The second-order valence-electron chi connectivity index (χ2n) is 5.88. The van der Waals surface area contributed by atoms with Crippen LogP contribution in [-0.2, 0) is 20.6 Å². The number of amides is 1. The molecule has 0 saturated heterocycles. The van der Waals surface area contributed by atoms with E-state index in [2.05, 4.69) is 27.0 Å². The second kappa shape index (κ2) is 10.4. The van der Waals surface area contributed by atoms with Gasteiger partial charge in [0.25, 0.3) is 7.37 Å². The van der Waals surface area contributed by atoms with Crippen LogP contribution in [0, 0.1) is 5.92 Å². The largest absolute Gasteiger partial charge is 1.00 e. The number of halogens is 2. The Bertz CT molecular complexity index is 639. The first kappa shape index (κ1) is 24.3. The van der Waals surface area contributed by atoms with Crippen molar-refractivity contribution in [1.82, 2.24) is 5.32 Å². The number of quaternary nitrogens is 1. The van der Waals surface area contributed by atoms with Gasteiger partial charge < -0.3 is 38.0 Å². The average Bonchev–Trinajstić information content (AvgIpc) is 2.48. The van der Waals surface area contributed by atoms with E-state index in [9.17, 15) is 19.0 Å². The van der Waals surface area contributed by atoms with Gasteiger partial charge in [-0.2, -0.15) is 0 Å². The molecule has 1 aromatic carbocycles. The summed E-state index contributed by atoms with van der Waals surface area (Å²) in [6.07, 6.45) is -0.00533. The van der Waals surface area contributed by atoms with Crippen LogP contribution in [0.1, 0.15) is 19.4 Å². The van der Waals surface area contributed by atoms with E-state index >= 15 is 0 Å². The number of aliphatic carboxylic acids is 1. The molecule has 1 rings (SSSR count). The molecule has 0 aromatic heterocycles. The van der Waals surface area contributed by atoms with Crippen LogP contribution in [0.3, 0.4) is 0 Å². The fraction of sp³-hybridized carbons (Fsp3) is 0.467. The van der Waals surface area contributed by atoms with E-state index in [0.29, 0.717) is 0 Å². The fourth-order valence-electron chi connectivity index (χ4n) is 2.03. The topological polar surface area (TPSA) is 131 Å². The van der Waals surface area contributed by atoms with Crippen LogP contribution in [0.4, 0.5) is 0 Å². The molecule has 0 radical (unpaired) electrons. The highest BCUT2D eigenvalue weighted by molar-refractivity contribution is 9.10. The zero-order chi connectivity index (χ0) is 18.5. The predicted molar refractivity (Wildman–Crippen MR) is 93.6 cm³/mol. The summed E-state index contributed by atoms with van der Waals surface area (Å²) in [4.78, 5) is 33.4. The van der Waals surface area contributed by atoms with E-state index in [1.165, 1.54) is 13.8 Å². The van der Waals surface area contributed by atoms with Crippen LogP contribution in [0.15, 0.2) is 28.7 Å². The molecular formula is C15H23Br2N2O5P. The zero-order valence-corrected chi connectivity index (χ0v) is 18.1. The fourth-order valence-corrected chi connectivity index (χ4v) is 3.58. The highest BCUT2D eigenvalue weighted by Crippen LogP contribution is 2.45. The van der Waals surface area contributed by atoms with Crippen LogP contribution in [-0.4, -0.2) is 39.9 Å². The molecule has 4 atom stereocenters. The van der Waals surface area contributed by atoms with Crippen LogP contribution < -0.4 is 28.0 Å². The molecule has 6 N–H and O–H groups in total. The summed E-state index contributed by atoms with van der Waals surface area (Å²) in [7, 11) is -3.62. The lowest BCUT2D eigenvalue weighted by molar-refractivity contribution is -0.385. The average molecular weight is 502 g/mol. The molecule has 0 bridgehead atoms. The molecule has 0 aliphatic carbocycles. The Hall–Kier alpha value is -0.730. The standard InChI is InChI=1S/C15H22BrN2O5P.BrH/c1-9(15(20)21)18-14(19)12(8-24(22,23)10(2)17)7-11-3-5-13(16)6-4-11;/h3-6,9-10,12H,7-8,17H2,1-2H3,(H,18,19)(H,20,21)(H,22,23);1H/t9-,10+,12+;/m0./s1. The Morgan fingerprint density at radius 1 is 1.28 bits per heavy atom. The minimum atomic E-state index is -3.62. The lowest BCUT2D eigenvalue weighted by Crippen LogP contribution is -3.00. The first-order chi connectivity index (χ1) is 11.0. The van der Waals surface area contributed by atoms with Crippen LogP contribution in [0.5, 0.6) is 0 Å². The number of hydrogen-bond acceptors (Lipinski definition) is 3. The van der Waals surface area contributed by atoms with Crippen LogP contribution >= 0.6 is 23.3 Å². The molecule has 1 unspecified atom stereocenters. The number of carbonyl (C=O) groups is 2. The van der Waals surface area contributed by atoms with Crippen molar-refractivity contribution < 1.29 is 46.9 Å². The Kier molecular flexibility index (Phi) is 10.1. The van der Waals surface area contributed by atoms with Gasteiger partial charge in [-0.1, -0.05) is 28.1 Å². The first-order valence-corrected chi connectivity index (χ1v) is 10.2. The van der Waals surface area contributed by atoms with Gasteiger partial charge in [-0.15, -0.1) is 0 Å². The first-order valence-electron chi connectivity index (χ1n) is 7.45. The molecule has 0 fully saturated rings. The van der Waals surface area contributed by atoms with Crippen LogP contribution in [0.25, 0.3) is 0 Å². The normalized spacial score (nSPS) is 16.7. The molecule has 142 valence electrons. The molecule has 0 spiro atoms. The number of carboxylic acid groups (broad SMARTS) is 1. The Morgan fingerprint density at radius 3 is 2.24 bits per heavy atom. The van der Waals surface area contributed by atoms with Gasteiger partial charge in [0.05, 0.1) is 5.92 Å². The van der Waals surface area contributed by atoms with Crippen molar-refractivity contribution in [3.05, 3.63) is 34.3 Å². The third-order valence-corrected chi connectivity index (χ3v) is 6.54. The summed E-state index contributed by atoms with van der Waals surface area (Å²) in [6, 6.07) is 6.17. The maximum atomic E-state index is 12.4. The summed E-state index contributed by atoms with van der Waals surface area (Å²) in [6.45, 7) is 2.87. The molecular weight excluding hydrogens is 479 g/mol. The van der Waals surface area contributed by atoms with Gasteiger partial charge >= 0.3 is 5.97 Å². The van der Waals surface area contributed by atoms with Crippen molar-refractivity contribution in [1.29, 1.82) is 0 Å². The summed E-state index contributed by atoms with van der Waals surface area (Å²) in [5.41, 5.74) is 4.40. The van der Waals surface area contributed by atoms with Crippen molar-refractivity contribution in [3.8, 4) is 0 Å². The van der Waals surface area contributed by atoms with Gasteiger partial charge in [0.1, 0.15) is 6.04 Å². The van der Waals surface area contributed by atoms with E-state index in [0.717, 1.165) is 10.0 Å². The highest BCUT2D eigenvalue weighted by Gasteiger charge is 2.35. The van der Waals surface area contributed by atoms with Gasteiger partial charge in [0, 0.05) is 10.6 Å². The maximum absolute atomic E-state index is 12.4. The van der Waals surface area contributed by atoms with Gasteiger partial charge in [0.15, 0.2) is 5.78 Å². The number of hydrogen-bond donors (Lipinski definition) is 4. The molecule has 0 aliphatic rings. The third-order valence-electron chi connectivity index (χ3n) is 3.67. The maximum Gasteiger partial charge on any atom is 0.325 e. The van der Waals surface area contributed by atoms with Crippen molar-refractivity contribution in [2.24, 2.45) is 5.92 Å². The minimum absolute atomic E-state index is 0. The molecule has 0 saturated carbocycles. The summed E-state index contributed by atoms with van der Waals surface area (Å²) in [5.74, 6) is -3.24. The van der Waals surface area contributed by atoms with Crippen LogP contribution in [0.2, 0.25) is 0 Å². The number of benzene rings is 1. The van der Waals surface area contributed by atoms with Crippen molar-refractivity contribution >= 4 is 35.2 Å². The predicted octanol–water partition coefficient (Wildman–Crippen LogP) is -1.94. The lowest BCUT2D eigenvalue weighted by Gasteiger charge is -2.22. The lowest BCUT2D eigenvalue weighted by atomic mass is 10.00. The number of rotatable bonds is 8. The summed E-state index contributed by atoms with van der Waals surface area (Å²) >= 11 is 3.32. The van der Waals surface area contributed by atoms with E-state index in [4.69, 9.17) is 5.11 Å². The van der Waals surface area contributed by atoms with Crippen molar-refractivity contribution in [2.75, 3.05) is 6.16 Å². The molecule has 1 amide bonds. The molecule has 25 heavy (non-hydrogen) atoms. The monoisotopic (exact) mass is 500 g/mol. The zero-order valence-electron chi connectivity index (χ0n) is 14.0. The Balaban J connectivity index is 0.00000576. The third kappa shape index (κ3) is 8.00. The Labute approximate surface area is 165 Å². The van der Waals surface area contributed by atoms with Crippen molar-refractivity contribution in [3.63, 3.8) is 0 Å². The molecule has 10 heteroatoms. The molecule has 1 aromatic rings. The molecule has 0 heterocycles. The summed E-state index contributed by atoms with van der Waals surface area (Å²) < 4.78 is 13.2. The Morgan fingerprint density at radius 2 is 1.80 bits per heavy atom.